The molecular weight excluding hydrogens is 343 g/mol. The summed E-state index contributed by atoms with van der Waals surface area (Å²) >= 11 is 6.08. The Hall–Kier alpha value is -2.66. The van der Waals surface area contributed by atoms with Gasteiger partial charge in [0, 0.05) is 6.54 Å². The smallest absolute Gasteiger partial charge is 0.257 e. The Morgan fingerprint density at radius 2 is 1.92 bits per heavy atom. The number of aryl methyl sites for hydroxylation is 2. The predicted molar refractivity (Wildman–Crippen MR) is 94.0 cm³/mol. The molecule has 1 heterocycles. The van der Waals surface area contributed by atoms with Crippen LogP contribution in [0.25, 0.3) is 11.3 Å². The van der Waals surface area contributed by atoms with E-state index in [4.69, 9.17) is 16.1 Å². The van der Waals surface area contributed by atoms with Crippen molar-refractivity contribution in [3.8, 4) is 11.3 Å². The maximum absolute atomic E-state index is 14.2. The molecule has 0 spiro atoms. The highest BCUT2D eigenvalue weighted by molar-refractivity contribution is 6.33. The Balaban J connectivity index is 1.88. The second-order valence-corrected chi connectivity index (χ2v) is 6.13. The molecule has 0 aliphatic carbocycles. The number of amides is 1. The van der Waals surface area contributed by atoms with Gasteiger partial charge in [0.25, 0.3) is 5.91 Å². The lowest BCUT2D eigenvalue weighted by atomic mass is 10.0. The molecule has 3 rings (SSSR count). The third-order valence-electron chi connectivity index (χ3n) is 3.86. The molecule has 1 N–H and O–H groups in total. The largest absolute Gasteiger partial charge is 0.360 e. The number of benzene rings is 2. The van der Waals surface area contributed by atoms with E-state index in [0.717, 1.165) is 11.1 Å². The van der Waals surface area contributed by atoms with Crippen molar-refractivity contribution in [1.82, 2.24) is 10.5 Å². The van der Waals surface area contributed by atoms with E-state index in [2.05, 4.69) is 10.5 Å². The van der Waals surface area contributed by atoms with Crippen LogP contribution in [0.2, 0.25) is 5.02 Å². The van der Waals surface area contributed by atoms with Gasteiger partial charge in [-0.25, -0.2) is 4.39 Å². The predicted octanol–water partition coefficient (Wildman–Crippen LogP) is 4.68. The van der Waals surface area contributed by atoms with Crippen molar-refractivity contribution in [3.05, 3.63) is 75.8 Å². The molecule has 0 unspecified atom stereocenters. The molecule has 0 aliphatic heterocycles. The molecule has 6 heteroatoms. The lowest BCUT2D eigenvalue weighted by Crippen LogP contribution is -2.23. The van der Waals surface area contributed by atoms with Crippen molar-refractivity contribution >= 4 is 17.5 Å². The average molecular weight is 359 g/mol. The summed E-state index contributed by atoms with van der Waals surface area (Å²) < 4.78 is 19.3. The highest BCUT2D eigenvalue weighted by atomic mass is 35.5. The number of halogens is 2. The van der Waals surface area contributed by atoms with Gasteiger partial charge in [-0.05, 0) is 31.5 Å². The highest BCUT2D eigenvalue weighted by Gasteiger charge is 2.25. The molecule has 0 aliphatic rings. The van der Waals surface area contributed by atoms with E-state index in [0.29, 0.717) is 12.3 Å². The summed E-state index contributed by atoms with van der Waals surface area (Å²) in [5, 5.41) is 6.81. The third-order valence-corrected chi connectivity index (χ3v) is 4.18. The third kappa shape index (κ3) is 3.56. The van der Waals surface area contributed by atoms with E-state index in [1.165, 1.54) is 18.2 Å². The zero-order chi connectivity index (χ0) is 18.0. The van der Waals surface area contributed by atoms with Gasteiger partial charge in [-0.1, -0.05) is 52.7 Å². The number of carbonyl (C=O) groups excluding carboxylic acids is 1. The zero-order valence-corrected chi connectivity index (χ0v) is 14.5. The minimum atomic E-state index is -0.562. The van der Waals surface area contributed by atoms with Crippen LogP contribution >= 0.6 is 11.6 Å². The van der Waals surface area contributed by atoms with E-state index in [-0.39, 0.29) is 21.8 Å². The molecule has 0 fully saturated rings. The molecule has 0 radical (unpaired) electrons. The average Bonchev–Trinajstić information content (AvgIpc) is 2.95. The van der Waals surface area contributed by atoms with E-state index >= 15 is 0 Å². The summed E-state index contributed by atoms with van der Waals surface area (Å²) in [5.74, 6) is -0.655. The number of hydrogen-bond acceptors (Lipinski definition) is 3. The highest BCUT2D eigenvalue weighted by Crippen LogP contribution is 2.33. The first-order valence-corrected chi connectivity index (χ1v) is 8.09. The van der Waals surface area contributed by atoms with Crippen LogP contribution in [0.3, 0.4) is 0 Å². The molecule has 1 amide bonds. The number of aromatic nitrogens is 1. The van der Waals surface area contributed by atoms with Crippen LogP contribution in [0.1, 0.15) is 27.2 Å². The molecule has 1 aromatic heterocycles. The van der Waals surface area contributed by atoms with Crippen LogP contribution in [-0.4, -0.2) is 11.1 Å². The minimum absolute atomic E-state index is 0.0569. The first kappa shape index (κ1) is 17.2. The minimum Gasteiger partial charge on any atom is -0.360 e. The van der Waals surface area contributed by atoms with Crippen molar-refractivity contribution in [3.63, 3.8) is 0 Å². The number of carbonyl (C=O) groups is 1. The van der Waals surface area contributed by atoms with E-state index in [1.807, 2.05) is 31.2 Å². The van der Waals surface area contributed by atoms with Crippen LogP contribution in [0, 0.1) is 19.7 Å². The number of nitrogens with one attached hydrogen (secondary N) is 1. The molecular formula is C19H16ClFN2O2. The Bertz CT molecular complexity index is 899. The fourth-order valence-electron chi connectivity index (χ4n) is 2.51. The number of hydrogen-bond donors (Lipinski definition) is 1. The second kappa shape index (κ2) is 7.07. The van der Waals surface area contributed by atoms with Crippen LogP contribution in [0.5, 0.6) is 0 Å². The summed E-state index contributed by atoms with van der Waals surface area (Å²) in [5.41, 5.74) is 2.43. The fourth-order valence-corrected chi connectivity index (χ4v) is 2.76. The molecule has 0 atom stereocenters. The van der Waals surface area contributed by atoms with Crippen molar-refractivity contribution in [2.75, 3.05) is 0 Å². The van der Waals surface area contributed by atoms with Gasteiger partial charge in [-0.15, -0.1) is 0 Å². The monoisotopic (exact) mass is 358 g/mol. The Labute approximate surface area is 149 Å². The lowest BCUT2D eigenvalue weighted by Gasteiger charge is -2.08. The number of rotatable bonds is 4. The van der Waals surface area contributed by atoms with Crippen LogP contribution in [0.15, 0.2) is 47.0 Å². The molecule has 128 valence electrons. The normalized spacial score (nSPS) is 10.7. The molecule has 0 saturated carbocycles. The van der Waals surface area contributed by atoms with Gasteiger partial charge in [-0.3, -0.25) is 4.79 Å². The topological polar surface area (TPSA) is 55.1 Å². The summed E-state index contributed by atoms with van der Waals surface area (Å²) in [6.07, 6.45) is 0. The molecule has 3 aromatic rings. The Morgan fingerprint density at radius 1 is 1.20 bits per heavy atom. The fraction of sp³-hybridized carbons (Fsp3) is 0.158. The van der Waals surface area contributed by atoms with Gasteiger partial charge < -0.3 is 9.84 Å². The van der Waals surface area contributed by atoms with E-state index < -0.39 is 11.7 Å². The van der Waals surface area contributed by atoms with E-state index in [9.17, 15) is 9.18 Å². The van der Waals surface area contributed by atoms with Gasteiger partial charge in [0.1, 0.15) is 22.8 Å². The lowest BCUT2D eigenvalue weighted by molar-refractivity contribution is 0.0950. The Kier molecular flexibility index (Phi) is 4.86. The first-order chi connectivity index (χ1) is 12.0. The van der Waals surface area contributed by atoms with Gasteiger partial charge in [-0.2, -0.15) is 0 Å². The Morgan fingerprint density at radius 3 is 2.60 bits per heavy atom. The van der Waals surface area contributed by atoms with Crippen molar-refractivity contribution in [2.24, 2.45) is 0 Å². The molecule has 0 saturated heterocycles. The molecule has 25 heavy (non-hydrogen) atoms. The van der Waals surface area contributed by atoms with Crippen LogP contribution in [0.4, 0.5) is 4.39 Å². The maximum Gasteiger partial charge on any atom is 0.257 e. The van der Waals surface area contributed by atoms with Gasteiger partial charge in [0.15, 0.2) is 0 Å². The number of nitrogens with zero attached hydrogens (tertiary/aromatic N) is 1. The first-order valence-electron chi connectivity index (χ1n) is 7.71. The van der Waals surface area contributed by atoms with Crippen molar-refractivity contribution < 1.29 is 13.7 Å². The van der Waals surface area contributed by atoms with Crippen LogP contribution in [-0.2, 0) is 6.54 Å². The zero-order valence-electron chi connectivity index (χ0n) is 13.8. The summed E-state index contributed by atoms with van der Waals surface area (Å²) in [6, 6.07) is 12.1. The SMILES string of the molecule is Cc1ccc(CNC(=O)c2c(-c3c(F)cccc3Cl)noc2C)cc1. The quantitative estimate of drug-likeness (QED) is 0.736. The van der Waals surface area contributed by atoms with Crippen LogP contribution < -0.4 is 5.32 Å². The summed E-state index contributed by atoms with van der Waals surface area (Å²) in [4.78, 5) is 12.6. The molecule has 2 aromatic carbocycles. The summed E-state index contributed by atoms with van der Waals surface area (Å²) in [7, 11) is 0. The standard InChI is InChI=1S/C19H16ClFN2O2/c1-11-6-8-13(9-7-11)10-22-19(24)16-12(2)25-23-18(16)17-14(20)4-3-5-15(17)21/h3-9H,10H2,1-2H3,(H,22,24). The van der Waals surface area contributed by atoms with Crippen molar-refractivity contribution in [1.29, 1.82) is 0 Å². The van der Waals surface area contributed by atoms with Crippen molar-refractivity contribution in [2.45, 2.75) is 20.4 Å². The second-order valence-electron chi connectivity index (χ2n) is 5.73. The molecule has 0 bridgehead atoms. The molecule has 4 nitrogen and oxygen atoms in total. The van der Waals surface area contributed by atoms with Gasteiger partial charge in [0.2, 0.25) is 0 Å². The van der Waals surface area contributed by atoms with Gasteiger partial charge in [0.05, 0.1) is 10.6 Å². The van der Waals surface area contributed by atoms with Gasteiger partial charge >= 0.3 is 0 Å². The van der Waals surface area contributed by atoms with E-state index in [1.54, 1.807) is 6.92 Å². The maximum atomic E-state index is 14.2. The summed E-state index contributed by atoms with van der Waals surface area (Å²) in [6.45, 7) is 3.94.